The molecule has 2 aliphatic heterocycles. The molecule has 2 heterocycles. The highest BCUT2D eigenvalue weighted by Gasteiger charge is 2.31. The van der Waals surface area contributed by atoms with Gasteiger partial charge in [-0.1, -0.05) is 19.8 Å². The van der Waals surface area contributed by atoms with E-state index in [9.17, 15) is 4.79 Å². The largest absolute Gasteiger partial charge is 0.342 e. The van der Waals surface area contributed by atoms with Crippen LogP contribution in [0.25, 0.3) is 0 Å². The maximum absolute atomic E-state index is 12.1. The highest BCUT2D eigenvalue weighted by molar-refractivity contribution is 5.76. The van der Waals surface area contributed by atoms with Gasteiger partial charge in [-0.2, -0.15) is 0 Å². The SMILES string of the molecule is CCCCCC(=O)N1CCC(C2CCNCC2)C1. The molecule has 1 unspecified atom stereocenters. The van der Waals surface area contributed by atoms with Gasteiger partial charge in [-0.3, -0.25) is 4.79 Å². The molecule has 0 bridgehead atoms. The van der Waals surface area contributed by atoms with Crippen molar-refractivity contribution in [1.82, 2.24) is 10.2 Å². The predicted octanol–water partition coefficient (Wildman–Crippen LogP) is 2.41. The van der Waals surface area contributed by atoms with Gasteiger partial charge in [-0.15, -0.1) is 0 Å². The quantitative estimate of drug-likeness (QED) is 0.762. The fourth-order valence-electron chi connectivity index (χ4n) is 3.40. The summed E-state index contributed by atoms with van der Waals surface area (Å²) in [6, 6.07) is 0. The van der Waals surface area contributed by atoms with E-state index in [-0.39, 0.29) is 0 Å². The van der Waals surface area contributed by atoms with Crippen molar-refractivity contribution < 1.29 is 4.79 Å². The number of nitrogens with one attached hydrogen (secondary N) is 1. The first-order valence-electron chi connectivity index (χ1n) is 7.79. The first kappa shape index (κ1) is 13.9. The lowest BCUT2D eigenvalue weighted by molar-refractivity contribution is -0.130. The summed E-state index contributed by atoms with van der Waals surface area (Å²) < 4.78 is 0. The van der Waals surface area contributed by atoms with E-state index in [0.717, 1.165) is 37.8 Å². The zero-order valence-electron chi connectivity index (χ0n) is 11.8. The zero-order chi connectivity index (χ0) is 12.8. The van der Waals surface area contributed by atoms with E-state index in [4.69, 9.17) is 0 Å². The zero-order valence-corrected chi connectivity index (χ0v) is 11.8. The van der Waals surface area contributed by atoms with E-state index >= 15 is 0 Å². The number of nitrogens with zero attached hydrogens (tertiary/aromatic N) is 1. The van der Waals surface area contributed by atoms with Crippen molar-refractivity contribution in [2.45, 2.75) is 51.9 Å². The fraction of sp³-hybridized carbons (Fsp3) is 0.933. The first-order valence-corrected chi connectivity index (χ1v) is 7.79. The Morgan fingerprint density at radius 2 is 1.94 bits per heavy atom. The van der Waals surface area contributed by atoms with Crippen LogP contribution in [0.5, 0.6) is 0 Å². The molecule has 3 heteroatoms. The van der Waals surface area contributed by atoms with Crippen LogP contribution in [0, 0.1) is 11.8 Å². The van der Waals surface area contributed by atoms with E-state index in [2.05, 4.69) is 17.1 Å². The standard InChI is InChI=1S/C15H28N2O/c1-2-3-4-5-15(18)17-11-8-14(12-17)13-6-9-16-10-7-13/h13-14,16H,2-12H2,1H3. The van der Waals surface area contributed by atoms with Crippen LogP contribution in [0.2, 0.25) is 0 Å². The van der Waals surface area contributed by atoms with Crippen LogP contribution in [0.1, 0.15) is 51.9 Å². The van der Waals surface area contributed by atoms with Crippen LogP contribution in [0.15, 0.2) is 0 Å². The van der Waals surface area contributed by atoms with Gasteiger partial charge in [0.2, 0.25) is 5.91 Å². The number of likely N-dealkylation sites (tertiary alicyclic amines) is 1. The Labute approximate surface area is 111 Å². The molecule has 0 radical (unpaired) electrons. The molecule has 18 heavy (non-hydrogen) atoms. The summed E-state index contributed by atoms with van der Waals surface area (Å²) >= 11 is 0. The normalized spacial score (nSPS) is 25.6. The molecule has 2 saturated heterocycles. The molecule has 1 atom stereocenters. The third kappa shape index (κ3) is 3.71. The van der Waals surface area contributed by atoms with Crippen molar-refractivity contribution in [2.24, 2.45) is 11.8 Å². The Kier molecular flexibility index (Phi) is 5.48. The maximum atomic E-state index is 12.1. The molecule has 0 aliphatic carbocycles. The van der Waals surface area contributed by atoms with Gasteiger partial charge in [0, 0.05) is 19.5 Å². The van der Waals surface area contributed by atoms with Gasteiger partial charge in [0.15, 0.2) is 0 Å². The smallest absolute Gasteiger partial charge is 0.222 e. The van der Waals surface area contributed by atoms with E-state index in [1.807, 2.05) is 0 Å². The van der Waals surface area contributed by atoms with Gasteiger partial charge < -0.3 is 10.2 Å². The van der Waals surface area contributed by atoms with Crippen molar-refractivity contribution in [1.29, 1.82) is 0 Å². The monoisotopic (exact) mass is 252 g/mol. The molecule has 3 nitrogen and oxygen atoms in total. The van der Waals surface area contributed by atoms with Gasteiger partial charge in [-0.25, -0.2) is 0 Å². The molecule has 104 valence electrons. The molecule has 1 amide bonds. The molecule has 1 N–H and O–H groups in total. The third-order valence-electron chi connectivity index (χ3n) is 4.62. The van der Waals surface area contributed by atoms with Crippen LogP contribution in [-0.4, -0.2) is 37.0 Å². The van der Waals surface area contributed by atoms with Crippen LogP contribution in [0.4, 0.5) is 0 Å². The summed E-state index contributed by atoms with van der Waals surface area (Å²) in [6.07, 6.45) is 8.09. The number of hydrogen-bond donors (Lipinski definition) is 1. The maximum Gasteiger partial charge on any atom is 0.222 e. The topological polar surface area (TPSA) is 32.3 Å². The average Bonchev–Trinajstić information content (AvgIpc) is 2.89. The van der Waals surface area contributed by atoms with E-state index < -0.39 is 0 Å². The van der Waals surface area contributed by atoms with Crippen LogP contribution in [-0.2, 0) is 4.79 Å². The van der Waals surface area contributed by atoms with E-state index in [1.165, 1.54) is 45.2 Å². The Balaban J connectivity index is 1.71. The van der Waals surface area contributed by atoms with Gasteiger partial charge in [0.1, 0.15) is 0 Å². The summed E-state index contributed by atoms with van der Waals surface area (Å²) in [5.74, 6) is 2.04. The Morgan fingerprint density at radius 1 is 1.17 bits per heavy atom. The number of hydrogen-bond acceptors (Lipinski definition) is 2. The third-order valence-corrected chi connectivity index (χ3v) is 4.62. The molecule has 2 fully saturated rings. The van der Waals surface area contributed by atoms with Crippen LogP contribution < -0.4 is 5.32 Å². The lowest BCUT2D eigenvalue weighted by Gasteiger charge is -2.28. The number of rotatable bonds is 5. The van der Waals surface area contributed by atoms with Gasteiger partial charge >= 0.3 is 0 Å². The lowest BCUT2D eigenvalue weighted by Crippen LogP contribution is -2.34. The molecule has 0 spiro atoms. The number of amides is 1. The molecule has 2 rings (SSSR count). The van der Waals surface area contributed by atoms with Gasteiger partial charge in [-0.05, 0) is 50.6 Å². The summed E-state index contributed by atoms with van der Waals surface area (Å²) in [7, 11) is 0. The Bertz CT molecular complexity index is 261. The van der Waals surface area contributed by atoms with Gasteiger partial charge in [0.25, 0.3) is 0 Å². The highest BCUT2D eigenvalue weighted by Crippen LogP contribution is 2.30. The molecule has 0 aromatic carbocycles. The lowest BCUT2D eigenvalue weighted by atomic mass is 9.84. The van der Waals surface area contributed by atoms with Crippen molar-refractivity contribution in [3.63, 3.8) is 0 Å². The van der Waals surface area contributed by atoms with Crippen molar-refractivity contribution >= 4 is 5.91 Å². The number of piperidine rings is 1. The summed E-state index contributed by atoms with van der Waals surface area (Å²) in [4.78, 5) is 14.2. The Hall–Kier alpha value is -0.570. The summed E-state index contributed by atoms with van der Waals surface area (Å²) in [6.45, 7) is 6.58. The van der Waals surface area contributed by atoms with Crippen molar-refractivity contribution in [3.05, 3.63) is 0 Å². The molecular weight excluding hydrogens is 224 g/mol. The summed E-state index contributed by atoms with van der Waals surface area (Å²) in [5, 5.41) is 3.43. The second kappa shape index (κ2) is 7.13. The van der Waals surface area contributed by atoms with Crippen LogP contribution >= 0.6 is 0 Å². The number of unbranched alkanes of at least 4 members (excludes halogenated alkanes) is 2. The first-order chi connectivity index (χ1) is 8.81. The second-order valence-electron chi connectivity index (χ2n) is 5.93. The van der Waals surface area contributed by atoms with E-state index in [1.54, 1.807) is 0 Å². The molecule has 0 saturated carbocycles. The minimum Gasteiger partial charge on any atom is -0.342 e. The second-order valence-corrected chi connectivity index (χ2v) is 5.93. The minimum atomic E-state index is 0.403. The summed E-state index contributed by atoms with van der Waals surface area (Å²) in [5.41, 5.74) is 0. The average molecular weight is 252 g/mol. The number of carbonyl (C=O) groups excluding carboxylic acids is 1. The molecule has 2 aliphatic rings. The van der Waals surface area contributed by atoms with Crippen molar-refractivity contribution in [2.75, 3.05) is 26.2 Å². The number of carbonyl (C=O) groups is 1. The minimum absolute atomic E-state index is 0.403. The van der Waals surface area contributed by atoms with Gasteiger partial charge in [0.05, 0.1) is 0 Å². The highest BCUT2D eigenvalue weighted by atomic mass is 16.2. The van der Waals surface area contributed by atoms with Crippen LogP contribution in [0.3, 0.4) is 0 Å². The van der Waals surface area contributed by atoms with E-state index in [0.29, 0.717) is 5.91 Å². The molecular formula is C15H28N2O. The fourth-order valence-corrected chi connectivity index (χ4v) is 3.40. The Morgan fingerprint density at radius 3 is 2.67 bits per heavy atom. The molecule has 0 aromatic rings. The molecule has 0 aromatic heterocycles. The van der Waals surface area contributed by atoms with Crippen molar-refractivity contribution in [3.8, 4) is 0 Å². The predicted molar refractivity (Wildman–Crippen MR) is 74.4 cm³/mol.